The number of nitrogens with two attached hydrogens (primary N) is 1. The van der Waals surface area contributed by atoms with Crippen LogP contribution in [0.3, 0.4) is 0 Å². The van der Waals surface area contributed by atoms with Crippen LogP contribution in [0.25, 0.3) is 0 Å². The molecule has 0 radical (unpaired) electrons. The first kappa shape index (κ1) is 9.01. The Balaban J connectivity index is 2.34. The first-order chi connectivity index (χ1) is 5.24. The van der Waals surface area contributed by atoms with Crippen molar-refractivity contribution in [3.8, 4) is 0 Å². The van der Waals surface area contributed by atoms with E-state index in [2.05, 4.69) is 6.92 Å². The van der Waals surface area contributed by atoms with Gasteiger partial charge in [-0.1, -0.05) is 6.92 Å². The highest BCUT2D eigenvalue weighted by Crippen LogP contribution is 2.30. The maximum Gasteiger partial charge on any atom is 0.0569 e. The summed E-state index contributed by atoms with van der Waals surface area (Å²) in [5, 5.41) is 9.56. The highest BCUT2D eigenvalue weighted by Gasteiger charge is 2.25. The summed E-state index contributed by atoms with van der Waals surface area (Å²) in [5.41, 5.74) is 5.46. The highest BCUT2D eigenvalue weighted by atomic mass is 16.3. The van der Waals surface area contributed by atoms with Crippen LogP contribution in [0.15, 0.2) is 0 Å². The van der Waals surface area contributed by atoms with Crippen LogP contribution < -0.4 is 5.73 Å². The molecule has 1 aliphatic rings. The van der Waals surface area contributed by atoms with E-state index in [-0.39, 0.29) is 6.10 Å². The molecule has 66 valence electrons. The van der Waals surface area contributed by atoms with Crippen molar-refractivity contribution in [1.82, 2.24) is 0 Å². The molecule has 0 aromatic carbocycles. The lowest BCUT2D eigenvalue weighted by Crippen LogP contribution is -2.29. The molecule has 0 bridgehead atoms. The Labute approximate surface area is 68.8 Å². The Kier molecular flexibility index (Phi) is 3.34. The van der Waals surface area contributed by atoms with Crippen molar-refractivity contribution in [3.05, 3.63) is 0 Å². The maximum atomic E-state index is 9.56. The molecular formula is C9H19NO. The molecule has 0 aromatic rings. The van der Waals surface area contributed by atoms with Gasteiger partial charge in [0.1, 0.15) is 0 Å². The third-order valence-corrected chi connectivity index (χ3v) is 2.74. The van der Waals surface area contributed by atoms with Crippen LogP contribution in [-0.4, -0.2) is 17.8 Å². The van der Waals surface area contributed by atoms with Gasteiger partial charge < -0.3 is 10.8 Å². The van der Waals surface area contributed by atoms with Gasteiger partial charge in [0.15, 0.2) is 0 Å². The molecule has 11 heavy (non-hydrogen) atoms. The lowest BCUT2D eigenvalue weighted by Gasteiger charge is -2.31. The third-order valence-electron chi connectivity index (χ3n) is 2.74. The van der Waals surface area contributed by atoms with Crippen molar-refractivity contribution >= 4 is 0 Å². The molecule has 2 nitrogen and oxygen atoms in total. The molecule has 1 aliphatic carbocycles. The number of aliphatic hydroxyl groups excluding tert-OH is 1. The Morgan fingerprint density at radius 3 is 2.82 bits per heavy atom. The van der Waals surface area contributed by atoms with Gasteiger partial charge in [-0.05, 0) is 44.1 Å². The normalized spacial score (nSPS) is 39.0. The van der Waals surface area contributed by atoms with Gasteiger partial charge in [-0.3, -0.25) is 0 Å². The molecule has 0 aliphatic heterocycles. The summed E-state index contributed by atoms with van der Waals surface area (Å²) >= 11 is 0. The van der Waals surface area contributed by atoms with Gasteiger partial charge in [-0.25, -0.2) is 0 Å². The van der Waals surface area contributed by atoms with Crippen molar-refractivity contribution in [1.29, 1.82) is 0 Å². The molecule has 3 N–H and O–H groups in total. The summed E-state index contributed by atoms with van der Waals surface area (Å²) < 4.78 is 0. The van der Waals surface area contributed by atoms with Crippen molar-refractivity contribution in [3.63, 3.8) is 0 Å². The zero-order valence-corrected chi connectivity index (χ0v) is 7.29. The molecule has 3 unspecified atom stereocenters. The highest BCUT2D eigenvalue weighted by molar-refractivity contribution is 4.77. The predicted molar refractivity (Wildman–Crippen MR) is 46.2 cm³/mol. The maximum absolute atomic E-state index is 9.56. The van der Waals surface area contributed by atoms with Crippen LogP contribution in [-0.2, 0) is 0 Å². The van der Waals surface area contributed by atoms with Gasteiger partial charge in [0, 0.05) is 0 Å². The molecule has 1 saturated carbocycles. The zero-order valence-electron chi connectivity index (χ0n) is 7.29. The lowest BCUT2D eigenvalue weighted by atomic mass is 9.79. The molecule has 2 heteroatoms. The second-order valence-corrected chi connectivity index (χ2v) is 3.82. The average Bonchev–Trinajstić information content (AvgIpc) is 1.98. The van der Waals surface area contributed by atoms with Crippen molar-refractivity contribution in [2.45, 2.75) is 38.7 Å². The smallest absolute Gasteiger partial charge is 0.0569 e. The molecule has 3 atom stereocenters. The van der Waals surface area contributed by atoms with Crippen molar-refractivity contribution in [2.24, 2.45) is 17.6 Å². The first-order valence-corrected chi connectivity index (χ1v) is 4.62. The van der Waals surface area contributed by atoms with E-state index in [0.717, 1.165) is 18.8 Å². The van der Waals surface area contributed by atoms with Crippen molar-refractivity contribution in [2.75, 3.05) is 6.54 Å². The summed E-state index contributed by atoms with van der Waals surface area (Å²) in [7, 11) is 0. The standard InChI is InChI=1S/C9H19NO/c1-7-2-3-9(11)8(6-7)4-5-10/h7-9,11H,2-6,10H2,1H3. The van der Waals surface area contributed by atoms with Crippen molar-refractivity contribution < 1.29 is 5.11 Å². The van der Waals surface area contributed by atoms with E-state index in [4.69, 9.17) is 5.73 Å². The molecule has 0 amide bonds. The minimum absolute atomic E-state index is 0.0743. The molecular weight excluding hydrogens is 138 g/mol. The van der Waals surface area contributed by atoms with Gasteiger partial charge in [-0.15, -0.1) is 0 Å². The summed E-state index contributed by atoms with van der Waals surface area (Å²) in [6, 6.07) is 0. The molecule has 0 heterocycles. The summed E-state index contributed by atoms with van der Waals surface area (Å²) in [4.78, 5) is 0. The van der Waals surface area contributed by atoms with Crippen LogP contribution in [0.5, 0.6) is 0 Å². The third kappa shape index (κ3) is 2.46. The van der Waals surface area contributed by atoms with Crippen LogP contribution in [0.2, 0.25) is 0 Å². The fourth-order valence-corrected chi connectivity index (χ4v) is 2.01. The van der Waals surface area contributed by atoms with E-state index >= 15 is 0 Å². The van der Waals surface area contributed by atoms with E-state index < -0.39 is 0 Å². The number of hydrogen-bond donors (Lipinski definition) is 2. The topological polar surface area (TPSA) is 46.2 Å². The average molecular weight is 157 g/mol. The first-order valence-electron chi connectivity index (χ1n) is 4.62. The zero-order chi connectivity index (χ0) is 8.27. The summed E-state index contributed by atoms with van der Waals surface area (Å²) in [5.74, 6) is 1.26. The Morgan fingerprint density at radius 2 is 2.18 bits per heavy atom. The molecule has 1 rings (SSSR count). The number of rotatable bonds is 2. The molecule has 0 saturated heterocycles. The predicted octanol–water partition coefficient (Wildman–Crippen LogP) is 1.13. The summed E-state index contributed by atoms with van der Waals surface area (Å²) in [6.07, 6.45) is 4.24. The fourth-order valence-electron chi connectivity index (χ4n) is 2.01. The monoisotopic (exact) mass is 157 g/mol. The SMILES string of the molecule is CC1CCC(O)C(CCN)C1. The number of aliphatic hydroxyl groups is 1. The van der Waals surface area contributed by atoms with Gasteiger partial charge in [-0.2, -0.15) is 0 Å². The van der Waals surface area contributed by atoms with E-state index in [1.54, 1.807) is 0 Å². The fraction of sp³-hybridized carbons (Fsp3) is 1.00. The lowest BCUT2D eigenvalue weighted by molar-refractivity contribution is 0.0487. The van der Waals surface area contributed by atoms with Crippen LogP contribution in [0.1, 0.15) is 32.6 Å². The number of hydrogen-bond acceptors (Lipinski definition) is 2. The van der Waals surface area contributed by atoms with E-state index in [9.17, 15) is 5.11 Å². The Morgan fingerprint density at radius 1 is 1.45 bits per heavy atom. The minimum atomic E-state index is -0.0743. The summed E-state index contributed by atoms with van der Waals surface area (Å²) in [6.45, 7) is 2.98. The Bertz CT molecular complexity index is 116. The minimum Gasteiger partial charge on any atom is -0.393 e. The van der Waals surface area contributed by atoms with Gasteiger partial charge in [0.25, 0.3) is 0 Å². The van der Waals surface area contributed by atoms with Gasteiger partial charge in [0.2, 0.25) is 0 Å². The van der Waals surface area contributed by atoms with E-state index in [0.29, 0.717) is 12.5 Å². The molecule has 0 aromatic heterocycles. The van der Waals surface area contributed by atoms with Gasteiger partial charge in [0.05, 0.1) is 6.10 Å². The second kappa shape index (κ2) is 4.07. The van der Waals surface area contributed by atoms with Crippen LogP contribution >= 0.6 is 0 Å². The van der Waals surface area contributed by atoms with Crippen LogP contribution in [0, 0.1) is 11.8 Å². The van der Waals surface area contributed by atoms with Crippen LogP contribution in [0.4, 0.5) is 0 Å². The second-order valence-electron chi connectivity index (χ2n) is 3.82. The van der Waals surface area contributed by atoms with E-state index in [1.165, 1.54) is 12.8 Å². The van der Waals surface area contributed by atoms with Gasteiger partial charge >= 0.3 is 0 Å². The largest absolute Gasteiger partial charge is 0.393 e. The molecule has 0 spiro atoms. The van der Waals surface area contributed by atoms with E-state index in [1.807, 2.05) is 0 Å². The molecule has 1 fully saturated rings. The quantitative estimate of drug-likeness (QED) is 0.631. The Hall–Kier alpha value is -0.0800.